The van der Waals surface area contributed by atoms with Gasteiger partial charge in [-0.3, -0.25) is 4.57 Å². The standard InChI is InChI=1S/C44H30N2/c1-44(2)35-18-8-5-16-32(35)43-41-30(14-11-19-36(41)44)25-39-42(43)33-17-7-10-21-38(33)46(39)40-26-34(31-15-6-9-20-37(31)45-40)29-23-22-27-12-3-4-13-28(27)24-29/h3-26H,1-2H3. The average Bonchev–Trinajstić information content (AvgIpc) is 3.43. The van der Waals surface area contributed by atoms with Crippen molar-refractivity contribution in [3.8, 4) is 28.1 Å². The fraction of sp³-hybridized carbons (Fsp3) is 0.0682. The van der Waals surface area contributed by atoms with Crippen molar-refractivity contribution in [3.05, 3.63) is 157 Å². The Hall–Kier alpha value is -5.73. The largest absolute Gasteiger partial charge is 0.294 e. The summed E-state index contributed by atoms with van der Waals surface area (Å²) in [5.74, 6) is 0.931. The molecular weight excluding hydrogens is 556 g/mol. The molecule has 0 atom stereocenters. The Morgan fingerprint density at radius 1 is 0.500 bits per heavy atom. The summed E-state index contributed by atoms with van der Waals surface area (Å²) >= 11 is 0. The van der Waals surface area contributed by atoms with Crippen LogP contribution in [0.5, 0.6) is 0 Å². The highest BCUT2D eigenvalue weighted by Gasteiger charge is 2.35. The third kappa shape index (κ3) is 3.39. The number of fused-ring (bicyclic) bond motifs is 8. The van der Waals surface area contributed by atoms with Crippen molar-refractivity contribution in [2.45, 2.75) is 19.3 Å². The quantitative estimate of drug-likeness (QED) is 0.197. The minimum absolute atomic E-state index is 0.0934. The Kier molecular flexibility index (Phi) is 5.09. The highest BCUT2D eigenvalue weighted by Crippen LogP contribution is 2.53. The summed E-state index contributed by atoms with van der Waals surface area (Å²) in [5, 5.41) is 8.82. The van der Waals surface area contributed by atoms with Crippen LogP contribution in [0.3, 0.4) is 0 Å². The molecule has 0 saturated carbocycles. The lowest BCUT2D eigenvalue weighted by molar-refractivity contribution is 0.645. The molecule has 0 bridgehead atoms. The van der Waals surface area contributed by atoms with E-state index in [9.17, 15) is 0 Å². The van der Waals surface area contributed by atoms with Crippen LogP contribution in [0.4, 0.5) is 0 Å². The van der Waals surface area contributed by atoms with Gasteiger partial charge >= 0.3 is 0 Å². The van der Waals surface area contributed by atoms with Crippen LogP contribution in [-0.2, 0) is 5.41 Å². The molecule has 2 heteroatoms. The number of benzene rings is 7. The Labute approximate surface area is 267 Å². The molecule has 2 aromatic heterocycles. The number of aromatic nitrogens is 2. The lowest BCUT2D eigenvalue weighted by atomic mass is 9.68. The van der Waals surface area contributed by atoms with Gasteiger partial charge in [0.1, 0.15) is 5.82 Å². The molecule has 46 heavy (non-hydrogen) atoms. The highest BCUT2D eigenvalue weighted by atomic mass is 15.1. The average molecular weight is 587 g/mol. The Balaban J connectivity index is 1.36. The van der Waals surface area contributed by atoms with Gasteiger partial charge in [-0.05, 0) is 79.7 Å². The summed E-state index contributed by atoms with van der Waals surface area (Å²) in [6, 6.07) is 53.3. The molecule has 0 spiro atoms. The van der Waals surface area contributed by atoms with Crippen molar-refractivity contribution in [3.63, 3.8) is 0 Å². The van der Waals surface area contributed by atoms with Crippen LogP contribution in [0.15, 0.2) is 146 Å². The lowest BCUT2D eigenvalue weighted by Gasteiger charge is -2.35. The minimum Gasteiger partial charge on any atom is -0.294 e. The Morgan fingerprint density at radius 3 is 2.13 bits per heavy atom. The monoisotopic (exact) mass is 586 g/mol. The summed E-state index contributed by atoms with van der Waals surface area (Å²) < 4.78 is 2.40. The van der Waals surface area contributed by atoms with Crippen molar-refractivity contribution < 1.29 is 0 Å². The van der Waals surface area contributed by atoms with E-state index in [1.165, 1.54) is 76.7 Å². The van der Waals surface area contributed by atoms with E-state index in [2.05, 4.69) is 164 Å². The van der Waals surface area contributed by atoms with E-state index in [0.29, 0.717) is 0 Å². The molecule has 9 aromatic rings. The number of para-hydroxylation sites is 2. The summed E-state index contributed by atoms with van der Waals surface area (Å²) in [4.78, 5) is 5.36. The number of hydrogen-bond donors (Lipinski definition) is 0. The molecule has 7 aromatic carbocycles. The van der Waals surface area contributed by atoms with Crippen LogP contribution in [0.25, 0.3) is 82.3 Å². The van der Waals surface area contributed by atoms with E-state index < -0.39 is 0 Å². The molecule has 1 aliphatic rings. The Bertz CT molecular complexity index is 2730. The first-order valence-corrected chi connectivity index (χ1v) is 16.1. The van der Waals surface area contributed by atoms with Gasteiger partial charge in [-0.2, -0.15) is 0 Å². The molecule has 0 N–H and O–H groups in total. The second kappa shape index (κ2) is 9.15. The van der Waals surface area contributed by atoms with Gasteiger partial charge in [-0.25, -0.2) is 4.98 Å². The first kappa shape index (κ1) is 25.6. The maximum absolute atomic E-state index is 5.36. The molecule has 0 unspecified atom stereocenters. The number of nitrogens with zero attached hydrogens (tertiary/aromatic N) is 2. The first-order valence-electron chi connectivity index (χ1n) is 16.1. The van der Waals surface area contributed by atoms with Gasteiger partial charge in [0.25, 0.3) is 0 Å². The number of hydrogen-bond acceptors (Lipinski definition) is 1. The predicted octanol–water partition coefficient (Wildman–Crippen LogP) is 11.6. The fourth-order valence-corrected chi connectivity index (χ4v) is 8.20. The Morgan fingerprint density at radius 2 is 1.22 bits per heavy atom. The SMILES string of the molecule is CC1(C)c2ccccc2-c2c3c1cccc3cc1c2c2ccccc2n1-c1cc(-c2ccc3ccccc3c2)c2ccccc2n1. The molecule has 0 aliphatic heterocycles. The fourth-order valence-electron chi connectivity index (χ4n) is 8.20. The van der Waals surface area contributed by atoms with Crippen LogP contribution in [-0.4, -0.2) is 9.55 Å². The maximum Gasteiger partial charge on any atom is 0.138 e. The molecule has 0 radical (unpaired) electrons. The smallest absolute Gasteiger partial charge is 0.138 e. The van der Waals surface area contributed by atoms with E-state index in [4.69, 9.17) is 4.98 Å². The van der Waals surface area contributed by atoms with Gasteiger partial charge in [0.05, 0.1) is 16.6 Å². The molecule has 216 valence electrons. The number of rotatable bonds is 2. The zero-order valence-electron chi connectivity index (χ0n) is 25.8. The molecule has 0 amide bonds. The van der Waals surface area contributed by atoms with Crippen molar-refractivity contribution in [2.75, 3.05) is 0 Å². The normalized spacial score (nSPS) is 13.6. The van der Waals surface area contributed by atoms with Crippen LogP contribution in [0, 0.1) is 0 Å². The van der Waals surface area contributed by atoms with Crippen LogP contribution in [0.2, 0.25) is 0 Å². The van der Waals surface area contributed by atoms with Crippen molar-refractivity contribution >= 4 is 54.3 Å². The summed E-state index contributed by atoms with van der Waals surface area (Å²) in [7, 11) is 0. The van der Waals surface area contributed by atoms with Crippen LogP contribution >= 0.6 is 0 Å². The van der Waals surface area contributed by atoms with E-state index in [-0.39, 0.29) is 5.41 Å². The van der Waals surface area contributed by atoms with E-state index >= 15 is 0 Å². The third-order valence-corrected chi connectivity index (χ3v) is 10.3. The topological polar surface area (TPSA) is 17.8 Å². The zero-order valence-corrected chi connectivity index (χ0v) is 25.8. The molecule has 2 nitrogen and oxygen atoms in total. The summed E-state index contributed by atoms with van der Waals surface area (Å²) in [5.41, 5.74) is 11.1. The maximum atomic E-state index is 5.36. The number of pyridine rings is 1. The molecule has 0 saturated heterocycles. The third-order valence-electron chi connectivity index (χ3n) is 10.3. The lowest BCUT2D eigenvalue weighted by Crippen LogP contribution is -2.23. The molecule has 2 heterocycles. The van der Waals surface area contributed by atoms with Gasteiger partial charge < -0.3 is 0 Å². The van der Waals surface area contributed by atoms with Crippen molar-refractivity contribution in [2.24, 2.45) is 0 Å². The van der Waals surface area contributed by atoms with E-state index in [1.54, 1.807) is 0 Å². The molecule has 10 rings (SSSR count). The van der Waals surface area contributed by atoms with E-state index in [0.717, 1.165) is 16.7 Å². The predicted molar refractivity (Wildman–Crippen MR) is 194 cm³/mol. The van der Waals surface area contributed by atoms with Gasteiger partial charge in [0.2, 0.25) is 0 Å². The highest BCUT2D eigenvalue weighted by molar-refractivity contribution is 6.24. The first-order chi connectivity index (χ1) is 22.6. The van der Waals surface area contributed by atoms with E-state index in [1.807, 2.05) is 0 Å². The van der Waals surface area contributed by atoms with Crippen LogP contribution in [0.1, 0.15) is 25.0 Å². The minimum atomic E-state index is -0.0934. The zero-order chi connectivity index (χ0) is 30.6. The summed E-state index contributed by atoms with van der Waals surface area (Å²) in [6.45, 7) is 4.73. The van der Waals surface area contributed by atoms with Gasteiger partial charge in [-0.15, -0.1) is 0 Å². The van der Waals surface area contributed by atoms with Crippen LogP contribution < -0.4 is 0 Å². The van der Waals surface area contributed by atoms with Gasteiger partial charge in [0, 0.05) is 27.1 Å². The molecular formula is C44H30N2. The molecule has 0 fully saturated rings. The van der Waals surface area contributed by atoms with Crippen molar-refractivity contribution in [1.29, 1.82) is 0 Å². The van der Waals surface area contributed by atoms with Gasteiger partial charge in [-0.1, -0.05) is 129 Å². The van der Waals surface area contributed by atoms with Crippen molar-refractivity contribution in [1.82, 2.24) is 9.55 Å². The molecule has 1 aliphatic carbocycles. The summed E-state index contributed by atoms with van der Waals surface area (Å²) in [6.07, 6.45) is 0. The second-order valence-corrected chi connectivity index (χ2v) is 13.2. The van der Waals surface area contributed by atoms with Gasteiger partial charge in [0.15, 0.2) is 0 Å². The second-order valence-electron chi connectivity index (χ2n) is 13.2.